The number of imidazole rings is 1. The van der Waals surface area contributed by atoms with Crippen LogP contribution in [0.1, 0.15) is 69.2 Å². The number of hydrogen-bond donors (Lipinski definition) is 0. The van der Waals surface area contributed by atoms with E-state index in [1.165, 1.54) is 0 Å². The van der Waals surface area contributed by atoms with Crippen LogP contribution in [0.4, 0.5) is 0 Å². The molecule has 0 bridgehead atoms. The number of pyridine rings is 2. The zero-order chi connectivity index (χ0) is 53.1. The van der Waals surface area contributed by atoms with Crippen molar-refractivity contribution in [1.82, 2.24) is 19.1 Å². The molecule has 4 heterocycles. The van der Waals surface area contributed by atoms with Crippen LogP contribution < -0.4 is 9.30 Å². The standard InChI is InChI=1S/C56H47N5O.Pt/c1-55(2,3)35-38-29-30-57-53(31-38)61-50-33-43(27-28-46(50)47-36-58-52(34-51(47)61)56(4,5)6)62-42-22-15-21-41(32-42)59-37-60(49-26-14-13-25-48(49)59)54-44(39-17-9-7-10-18-39)23-16-24-45(54)40-19-11-8-12-20-40;/h7-31,34,36H,35H2,1-6H3;/q-2;/i7D,8D,9D,10D,11D,12D,17D,18D,19D,20D,35D2;. The maximum absolute atomic E-state index is 9.09. The van der Waals surface area contributed by atoms with E-state index in [1.54, 1.807) is 82.1 Å². The normalized spacial score (nSPS) is 14.8. The first-order valence-electron chi connectivity index (χ1n) is 26.2. The molecule has 0 amide bonds. The molecule has 314 valence electrons. The molecule has 0 fully saturated rings. The average molecular weight is 1010 g/mol. The summed E-state index contributed by atoms with van der Waals surface area (Å²) in [5.41, 5.74) is 3.39. The van der Waals surface area contributed by atoms with E-state index in [4.69, 9.17) is 31.2 Å². The first-order valence-corrected chi connectivity index (χ1v) is 20.2. The molecule has 0 unspecified atom stereocenters. The molecular formula is C56H47N5OPt-2. The first kappa shape index (κ1) is 29.6. The molecule has 0 N–H and O–H groups in total. The Bertz CT molecular complexity index is 3830. The molecule has 0 saturated carbocycles. The van der Waals surface area contributed by atoms with Crippen molar-refractivity contribution in [3.05, 3.63) is 194 Å². The van der Waals surface area contributed by atoms with Crippen molar-refractivity contribution in [3.8, 4) is 50.9 Å². The second kappa shape index (κ2) is 16.6. The van der Waals surface area contributed by atoms with Crippen LogP contribution in [0.2, 0.25) is 0 Å². The van der Waals surface area contributed by atoms with Crippen molar-refractivity contribution < 1.29 is 46.8 Å². The van der Waals surface area contributed by atoms with Gasteiger partial charge in [0.2, 0.25) is 0 Å². The summed E-state index contributed by atoms with van der Waals surface area (Å²) in [5.74, 6) is 1.13. The topological polar surface area (TPSA) is 48.8 Å². The summed E-state index contributed by atoms with van der Waals surface area (Å²) in [6.07, 6.45) is 5.16. The molecule has 6 nitrogen and oxygen atoms in total. The Morgan fingerprint density at radius 1 is 0.698 bits per heavy atom. The van der Waals surface area contributed by atoms with Crippen molar-refractivity contribution in [1.29, 1.82) is 0 Å². The Hall–Kier alpha value is -6.62. The largest absolute Gasteiger partial charge is 0.510 e. The quantitative estimate of drug-likeness (QED) is 0.113. The van der Waals surface area contributed by atoms with Crippen molar-refractivity contribution in [3.63, 3.8) is 0 Å². The van der Waals surface area contributed by atoms with Gasteiger partial charge in [0.05, 0.1) is 30.4 Å². The minimum atomic E-state index is -1.69. The van der Waals surface area contributed by atoms with Gasteiger partial charge in [-0.3, -0.25) is 9.55 Å². The van der Waals surface area contributed by atoms with E-state index >= 15 is 0 Å². The molecule has 4 aromatic heterocycles. The fourth-order valence-electron chi connectivity index (χ4n) is 7.68. The molecule has 0 saturated heterocycles. The molecule has 10 rings (SSSR count). The van der Waals surface area contributed by atoms with E-state index < -0.39 is 72.2 Å². The van der Waals surface area contributed by atoms with Crippen molar-refractivity contribution in [2.75, 3.05) is 0 Å². The number of rotatable bonds is 8. The van der Waals surface area contributed by atoms with Crippen LogP contribution in [-0.4, -0.2) is 19.1 Å². The van der Waals surface area contributed by atoms with E-state index in [-0.39, 0.29) is 54.4 Å². The van der Waals surface area contributed by atoms with Gasteiger partial charge in [-0.25, -0.2) is 4.98 Å². The van der Waals surface area contributed by atoms with Gasteiger partial charge in [-0.15, -0.1) is 29.7 Å². The van der Waals surface area contributed by atoms with E-state index in [2.05, 4.69) is 39.2 Å². The van der Waals surface area contributed by atoms with Crippen LogP contribution >= 0.6 is 0 Å². The molecule has 0 radical (unpaired) electrons. The molecule has 0 spiro atoms. The van der Waals surface area contributed by atoms with Gasteiger partial charge in [0, 0.05) is 64.3 Å². The van der Waals surface area contributed by atoms with Crippen molar-refractivity contribution in [2.24, 2.45) is 5.41 Å². The van der Waals surface area contributed by atoms with Gasteiger partial charge in [-0.1, -0.05) is 150 Å². The monoisotopic (exact) mass is 1010 g/mol. The second-order valence-electron chi connectivity index (χ2n) is 17.0. The average Bonchev–Trinajstić information content (AvgIpc) is 3.94. The van der Waals surface area contributed by atoms with Gasteiger partial charge in [-0.2, -0.15) is 18.2 Å². The number of para-hydroxylation sites is 3. The van der Waals surface area contributed by atoms with Gasteiger partial charge in [0.1, 0.15) is 5.82 Å². The third-order valence-electron chi connectivity index (χ3n) is 10.4. The SMILES string of the molecule is [2H]c1c([2H])c([2H])c(-c2cccc(-c3c([2H])c([2H])c([2H])c([2H])c3[2H])c2-[n+]2[c-]n(-c3[c-]c(Oc4[c-]c5c(cc4)c4cnc(C(C)(C)C)cc4n5-c4cc(C([2H])([2H])C(C)(C)C)ccn4)ccc3)c3ccccc32)c([2H])c1[2H].[Pt]. The molecule has 0 aliphatic carbocycles. The van der Waals surface area contributed by atoms with E-state index in [1.807, 2.05) is 55.8 Å². The third kappa shape index (κ3) is 8.12. The summed E-state index contributed by atoms with van der Waals surface area (Å²) in [4.78, 5) is 9.62. The molecule has 0 atom stereocenters. The number of nitrogens with zero attached hydrogens (tertiary/aromatic N) is 5. The summed E-state index contributed by atoms with van der Waals surface area (Å²) in [7, 11) is 0. The fraction of sp³-hybridized carbons (Fsp3) is 0.161. The van der Waals surface area contributed by atoms with Crippen molar-refractivity contribution in [2.45, 2.75) is 53.3 Å². The van der Waals surface area contributed by atoms with Crippen LogP contribution in [0, 0.1) is 23.9 Å². The molecule has 0 aliphatic heterocycles. The molecule has 6 aromatic carbocycles. The van der Waals surface area contributed by atoms with Crippen LogP contribution in [-0.2, 0) is 32.9 Å². The first-order chi connectivity index (χ1) is 34.9. The minimum absolute atomic E-state index is 0. The van der Waals surface area contributed by atoms with Crippen molar-refractivity contribution >= 4 is 32.8 Å². The molecule has 0 aliphatic rings. The van der Waals surface area contributed by atoms with Gasteiger partial charge in [0.25, 0.3) is 6.33 Å². The summed E-state index contributed by atoms with van der Waals surface area (Å²) >= 11 is 0. The van der Waals surface area contributed by atoms with Gasteiger partial charge >= 0.3 is 0 Å². The summed E-state index contributed by atoms with van der Waals surface area (Å²) in [6, 6.07) is 27.9. The summed E-state index contributed by atoms with van der Waals surface area (Å²) < 4.78 is 117. The Labute approximate surface area is 400 Å². The molecule has 10 aromatic rings. The Kier molecular flexibility index (Phi) is 7.80. The van der Waals surface area contributed by atoms with Crippen LogP contribution in [0.15, 0.2) is 164 Å². The van der Waals surface area contributed by atoms with Gasteiger partial charge in [-0.05, 0) is 68.9 Å². The molecule has 63 heavy (non-hydrogen) atoms. The predicted octanol–water partition coefficient (Wildman–Crippen LogP) is 13.2. The summed E-state index contributed by atoms with van der Waals surface area (Å²) in [5, 5.41) is 1.68. The fourth-order valence-corrected chi connectivity index (χ4v) is 7.68. The van der Waals surface area contributed by atoms with Crippen LogP contribution in [0.25, 0.3) is 72.3 Å². The number of hydrogen-bond acceptors (Lipinski definition) is 3. The number of benzene rings is 6. The number of ether oxygens (including phenoxy) is 1. The molecule has 7 heteroatoms. The maximum Gasteiger partial charge on any atom is 0.268 e. The Morgan fingerprint density at radius 3 is 2.08 bits per heavy atom. The van der Waals surface area contributed by atoms with Gasteiger partial charge < -0.3 is 13.9 Å². The third-order valence-corrected chi connectivity index (χ3v) is 10.4. The van der Waals surface area contributed by atoms with E-state index in [9.17, 15) is 0 Å². The zero-order valence-electron chi connectivity index (χ0n) is 47.3. The van der Waals surface area contributed by atoms with E-state index in [0.29, 0.717) is 45.1 Å². The smallest absolute Gasteiger partial charge is 0.268 e. The Morgan fingerprint density at radius 2 is 1.38 bits per heavy atom. The minimum Gasteiger partial charge on any atom is -0.510 e. The predicted molar refractivity (Wildman–Crippen MR) is 250 cm³/mol. The van der Waals surface area contributed by atoms with Crippen LogP contribution in [0.3, 0.4) is 0 Å². The summed E-state index contributed by atoms with van der Waals surface area (Å²) in [6.45, 7) is 11.9. The second-order valence-corrected chi connectivity index (χ2v) is 17.0. The number of aromatic nitrogens is 5. The van der Waals surface area contributed by atoms with E-state index in [0.717, 1.165) is 22.0 Å². The maximum atomic E-state index is 9.09. The Balaban J connectivity index is 0.00000689. The van der Waals surface area contributed by atoms with Crippen LogP contribution in [0.5, 0.6) is 11.5 Å². The van der Waals surface area contributed by atoms with Gasteiger partial charge in [0.15, 0.2) is 0 Å². The zero-order valence-corrected chi connectivity index (χ0v) is 37.5. The molecular weight excluding hydrogens is 954 g/mol. The number of fused-ring (bicyclic) bond motifs is 4.